The molecule has 3 nitrogen and oxygen atoms in total. The third-order valence-electron chi connectivity index (χ3n) is 2.64. The summed E-state index contributed by atoms with van der Waals surface area (Å²) in [6.07, 6.45) is -4.82. The van der Waals surface area contributed by atoms with Gasteiger partial charge >= 0.3 is 6.18 Å². The monoisotopic (exact) mass is 249 g/mol. The molecular formula is C11H14F3NO2. The fraction of sp³-hybridized carbons (Fsp3) is 0.455. The maximum atomic E-state index is 12.8. The number of methoxy groups -OCH3 is 1. The Morgan fingerprint density at radius 3 is 2.29 bits per heavy atom. The summed E-state index contributed by atoms with van der Waals surface area (Å²) in [6, 6.07) is 3.95. The van der Waals surface area contributed by atoms with E-state index in [0.717, 1.165) is 0 Å². The van der Waals surface area contributed by atoms with Crippen LogP contribution in [0.25, 0.3) is 0 Å². The molecule has 6 heteroatoms. The Balaban J connectivity index is 3.31. The molecule has 96 valence electrons. The molecule has 0 aliphatic rings. The van der Waals surface area contributed by atoms with E-state index in [1.807, 2.05) is 0 Å². The smallest absolute Gasteiger partial charge is 0.422 e. The van der Waals surface area contributed by atoms with E-state index in [1.54, 1.807) is 0 Å². The van der Waals surface area contributed by atoms with E-state index in [1.165, 1.54) is 32.2 Å². The second kappa shape index (κ2) is 4.54. The number of halogens is 3. The number of hydrogen-bond acceptors (Lipinski definition) is 3. The highest BCUT2D eigenvalue weighted by Crippen LogP contribution is 2.40. The Morgan fingerprint density at radius 1 is 1.35 bits per heavy atom. The maximum absolute atomic E-state index is 12.8. The molecule has 0 saturated heterocycles. The standard InChI is InChI=1S/C11H14F3NO2/c1-7-5-8(17-2)3-4-9(7)10(16,6-15)11(12,13)14/h3-5,16H,6,15H2,1-2H3. The van der Waals surface area contributed by atoms with Crippen LogP contribution in [0.5, 0.6) is 5.75 Å². The van der Waals surface area contributed by atoms with Crippen molar-refractivity contribution >= 4 is 0 Å². The van der Waals surface area contributed by atoms with Gasteiger partial charge in [0.1, 0.15) is 5.75 Å². The van der Waals surface area contributed by atoms with Gasteiger partial charge in [-0.25, -0.2) is 0 Å². The summed E-state index contributed by atoms with van der Waals surface area (Å²) in [5.74, 6) is 0.424. The minimum absolute atomic E-state index is 0.256. The molecule has 3 N–H and O–H groups in total. The van der Waals surface area contributed by atoms with E-state index < -0.39 is 18.3 Å². The van der Waals surface area contributed by atoms with Crippen LogP contribution in [-0.4, -0.2) is 24.9 Å². The lowest BCUT2D eigenvalue weighted by atomic mass is 9.89. The number of alkyl halides is 3. The van der Waals surface area contributed by atoms with Crippen molar-refractivity contribution in [2.24, 2.45) is 5.73 Å². The van der Waals surface area contributed by atoms with Crippen molar-refractivity contribution in [2.45, 2.75) is 18.7 Å². The maximum Gasteiger partial charge on any atom is 0.422 e. The Hall–Kier alpha value is -1.27. The zero-order valence-electron chi connectivity index (χ0n) is 9.51. The molecule has 0 fully saturated rings. The molecule has 0 aromatic heterocycles. The topological polar surface area (TPSA) is 55.5 Å². The fourth-order valence-corrected chi connectivity index (χ4v) is 1.61. The molecule has 0 radical (unpaired) electrons. The first-order valence-electron chi connectivity index (χ1n) is 4.90. The molecular weight excluding hydrogens is 235 g/mol. The minimum atomic E-state index is -4.82. The average Bonchev–Trinajstić information content (AvgIpc) is 2.26. The highest BCUT2D eigenvalue weighted by atomic mass is 19.4. The van der Waals surface area contributed by atoms with E-state index in [2.05, 4.69) is 0 Å². The van der Waals surface area contributed by atoms with Gasteiger partial charge in [-0.15, -0.1) is 0 Å². The second-order valence-corrected chi connectivity index (χ2v) is 3.74. The quantitative estimate of drug-likeness (QED) is 0.857. The summed E-state index contributed by atoms with van der Waals surface area (Å²) in [5, 5.41) is 9.68. The molecule has 0 spiro atoms. The number of aliphatic hydroxyl groups is 1. The Morgan fingerprint density at radius 2 is 1.94 bits per heavy atom. The summed E-state index contributed by atoms with van der Waals surface area (Å²) in [6.45, 7) is 0.536. The van der Waals surface area contributed by atoms with Crippen LogP contribution in [-0.2, 0) is 5.60 Å². The third kappa shape index (κ3) is 2.37. The molecule has 17 heavy (non-hydrogen) atoms. The molecule has 1 aromatic carbocycles. The average molecular weight is 249 g/mol. The summed E-state index contributed by atoms with van der Waals surface area (Å²) < 4.78 is 43.3. The predicted molar refractivity (Wildman–Crippen MR) is 56.7 cm³/mol. The first-order chi connectivity index (χ1) is 7.76. The normalized spacial score (nSPS) is 15.5. The molecule has 1 unspecified atom stereocenters. The molecule has 0 heterocycles. The summed E-state index contributed by atoms with van der Waals surface area (Å²) in [4.78, 5) is 0. The fourth-order valence-electron chi connectivity index (χ4n) is 1.61. The van der Waals surface area contributed by atoms with Crippen molar-refractivity contribution in [3.8, 4) is 5.75 Å². The van der Waals surface area contributed by atoms with Crippen molar-refractivity contribution in [1.29, 1.82) is 0 Å². The van der Waals surface area contributed by atoms with Crippen LogP contribution in [0.15, 0.2) is 18.2 Å². The number of aryl methyl sites for hydroxylation is 1. The molecule has 1 atom stereocenters. The van der Waals surface area contributed by atoms with E-state index >= 15 is 0 Å². The van der Waals surface area contributed by atoms with Crippen LogP contribution in [0.1, 0.15) is 11.1 Å². The zero-order valence-corrected chi connectivity index (χ0v) is 9.51. The van der Waals surface area contributed by atoms with Gasteiger partial charge in [0.25, 0.3) is 0 Å². The third-order valence-corrected chi connectivity index (χ3v) is 2.64. The first kappa shape index (κ1) is 13.8. The lowest BCUT2D eigenvalue weighted by molar-refractivity contribution is -0.262. The SMILES string of the molecule is COc1ccc(C(O)(CN)C(F)(F)F)c(C)c1. The van der Waals surface area contributed by atoms with Crippen molar-refractivity contribution in [1.82, 2.24) is 0 Å². The number of rotatable bonds is 3. The van der Waals surface area contributed by atoms with Crippen LogP contribution >= 0.6 is 0 Å². The van der Waals surface area contributed by atoms with Gasteiger partial charge < -0.3 is 15.6 Å². The van der Waals surface area contributed by atoms with E-state index in [-0.39, 0.29) is 11.1 Å². The van der Waals surface area contributed by atoms with Crippen LogP contribution in [0.2, 0.25) is 0 Å². The van der Waals surface area contributed by atoms with Crippen LogP contribution in [0.3, 0.4) is 0 Å². The molecule has 1 rings (SSSR count). The van der Waals surface area contributed by atoms with Gasteiger partial charge in [-0.05, 0) is 30.2 Å². The van der Waals surface area contributed by atoms with Gasteiger partial charge in [0, 0.05) is 6.54 Å². The summed E-state index contributed by atoms with van der Waals surface area (Å²) >= 11 is 0. The largest absolute Gasteiger partial charge is 0.497 e. The second-order valence-electron chi connectivity index (χ2n) is 3.74. The van der Waals surface area contributed by atoms with Crippen LogP contribution in [0.4, 0.5) is 13.2 Å². The highest BCUT2D eigenvalue weighted by molar-refractivity contribution is 5.39. The molecule has 0 aliphatic heterocycles. The molecule has 0 saturated carbocycles. The van der Waals surface area contributed by atoms with Crippen LogP contribution < -0.4 is 10.5 Å². The van der Waals surface area contributed by atoms with Crippen LogP contribution in [0, 0.1) is 6.92 Å². The Bertz CT molecular complexity index is 406. The minimum Gasteiger partial charge on any atom is -0.497 e. The number of nitrogens with two attached hydrogens (primary N) is 1. The van der Waals surface area contributed by atoms with Gasteiger partial charge in [0.2, 0.25) is 0 Å². The van der Waals surface area contributed by atoms with Crippen molar-refractivity contribution in [3.63, 3.8) is 0 Å². The number of ether oxygens (including phenoxy) is 1. The van der Waals surface area contributed by atoms with E-state index in [4.69, 9.17) is 10.5 Å². The highest BCUT2D eigenvalue weighted by Gasteiger charge is 2.54. The van der Waals surface area contributed by atoms with Gasteiger partial charge in [-0.1, -0.05) is 6.07 Å². The van der Waals surface area contributed by atoms with Gasteiger partial charge in [-0.3, -0.25) is 0 Å². The van der Waals surface area contributed by atoms with Gasteiger partial charge in [-0.2, -0.15) is 13.2 Å². The first-order valence-corrected chi connectivity index (χ1v) is 4.90. The van der Waals surface area contributed by atoms with Crippen molar-refractivity contribution in [3.05, 3.63) is 29.3 Å². The molecule has 1 aromatic rings. The predicted octanol–water partition coefficient (Wildman–Crippen LogP) is 1.71. The Labute approximate surface area is 97.0 Å². The van der Waals surface area contributed by atoms with Crippen molar-refractivity contribution in [2.75, 3.05) is 13.7 Å². The van der Waals surface area contributed by atoms with E-state index in [9.17, 15) is 18.3 Å². The van der Waals surface area contributed by atoms with Crippen molar-refractivity contribution < 1.29 is 23.0 Å². The molecule has 0 aliphatic carbocycles. The Kier molecular flexibility index (Phi) is 3.68. The van der Waals surface area contributed by atoms with Gasteiger partial charge in [0.05, 0.1) is 7.11 Å². The zero-order chi connectivity index (χ0) is 13.3. The molecule has 0 amide bonds. The van der Waals surface area contributed by atoms with E-state index in [0.29, 0.717) is 5.75 Å². The lowest BCUT2D eigenvalue weighted by Crippen LogP contribution is -2.48. The molecule has 0 bridgehead atoms. The lowest BCUT2D eigenvalue weighted by Gasteiger charge is -2.30. The number of benzene rings is 1. The van der Waals surface area contributed by atoms with Gasteiger partial charge in [0.15, 0.2) is 5.60 Å². The number of hydrogen-bond donors (Lipinski definition) is 2. The summed E-state index contributed by atoms with van der Waals surface area (Å²) in [5.41, 5.74) is 2.06. The summed E-state index contributed by atoms with van der Waals surface area (Å²) in [7, 11) is 1.41.